The lowest BCUT2D eigenvalue weighted by Gasteiger charge is -2.31. The first-order chi connectivity index (χ1) is 16.1. The third-order valence-corrected chi connectivity index (χ3v) is 7.19. The Balaban J connectivity index is 1.95. The highest BCUT2D eigenvalue weighted by atomic mass is 32.2. The highest BCUT2D eigenvalue weighted by Crippen LogP contribution is 2.30. The Kier molecular flexibility index (Phi) is 8.16. The molecule has 3 rings (SSSR count). The van der Waals surface area contributed by atoms with E-state index in [-0.39, 0.29) is 28.8 Å². The second-order valence-corrected chi connectivity index (χ2v) is 10.3. The van der Waals surface area contributed by atoms with Crippen molar-refractivity contribution in [3.05, 3.63) is 53.6 Å². The molecule has 1 fully saturated rings. The smallest absolute Gasteiger partial charge is 0.261 e. The molecule has 10 heteroatoms. The van der Waals surface area contributed by atoms with Crippen molar-refractivity contribution in [3.63, 3.8) is 0 Å². The average Bonchev–Trinajstić information content (AvgIpc) is 2.83. The number of hydrogen-bond donors (Lipinski definition) is 3. The van der Waals surface area contributed by atoms with Crippen molar-refractivity contribution < 1.29 is 18.0 Å². The molecule has 0 spiro atoms. The van der Waals surface area contributed by atoms with Gasteiger partial charge in [-0.2, -0.15) is 0 Å². The number of benzene rings is 2. The van der Waals surface area contributed by atoms with Crippen molar-refractivity contribution in [3.8, 4) is 0 Å². The van der Waals surface area contributed by atoms with Crippen LogP contribution < -0.4 is 20.3 Å². The molecule has 1 aliphatic heterocycles. The zero-order valence-corrected chi connectivity index (χ0v) is 20.9. The van der Waals surface area contributed by atoms with Crippen LogP contribution in [0.4, 0.5) is 11.4 Å². The van der Waals surface area contributed by atoms with Gasteiger partial charge in [-0.3, -0.25) is 14.3 Å². The number of piperazine rings is 1. The number of sulfonamides is 1. The van der Waals surface area contributed by atoms with Crippen molar-refractivity contribution in [1.82, 2.24) is 15.5 Å². The number of rotatable bonds is 8. The molecule has 0 aliphatic carbocycles. The van der Waals surface area contributed by atoms with Crippen molar-refractivity contribution in [1.29, 1.82) is 0 Å². The van der Waals surface area contributed by atoms with Gasteiger partial charge in [-0.05, 0) is 41.8 Å². The van der Waals surface area contributed by atoms with Gasteiger partial charge in [0.25, 0.3) is 15.9 Å². The summed E-state index contributed by atoms with van der Waals surface area (Å²) in [6.45, 7) is 6.97. The number of anilines is 2. The molecule has 2 amide bonds. The number of nitrogens with one attached hydrogen (secondary N) is 3. The van der Waals surface area contributed by atoms with Crippen LogP contribution in [0.15, 0.2) is 47.4 Å². The molecule has 0 atom stereocenters. The first-order valence-corrected chi connectivity index (χ1v) is 12.8. The van der Waals surface area contributed by atoms with Gasteiger partial charge in [0, 0.05) is 45.8 Å². The Morgan fingerprint density at radius 2 is 1.74 bits per heavy atom. The van der Waals surface area contributed by atoms with Crippen LogP contribution in [-0.2, 0) is 14.8 Å². The summed E-state index contributed by atoms with van der Waals surface area (Å²) >= 11 is 0. The Morgan fingerprint density at radius 1 is 1.09 bits per heavy atom. The van der Waals surface area contributed by atoms with Crippen LogP contribution in [0, 0.1) is 0 Å². The zero-order valence-electron chi connectivity index (χ0n) is 20.1. The standard InChI is InChI=1S/C24H33N5O4S/c1-17(2)18-5-8-20(9-6-18)34(32,33)27-21-15-19(24(31)28(4)16-23(30)25-3)7-10-22(21)29-13-11-26-12-14-29/h5-10,15,17,26-27H,11-14,16H2,1-4H3,(H,25,30). The van der Waals surface area contributed by atoms with Gasteiger partial charge in [0.15, 0.2) is 0 Å². The van der Waals surface area contributed by atoms with Gasteiger partial charge in [-0.1, -0.05) is 26.0 Å². The van der Waals surface area contributed by atoms with E-state index in [2.05, 4.69) is 20.3 Å². The quantitative estimate of drug-likeness (QED) is 0.524. The third kappa shape index (κ3) is 6.06. The van der Waals surface area contributed by atoms with Gasteiger partial charge < -0.3 is 20.4 Å². The number of carbonyl (C=O) groups is 2. The van der Waals surface area contributed by atoms with E-state index in [9.17, 15) is 18.0 Å². The number of carbonyl (C=O) groups excluding carboxylic acids is 2. The van der Waals surface area contributed by atoms with Crippen LogP contribution in [0.2, 0.25) is 0 Å². The summed E-state index contributed by atoms with van der Waals surface area (Å²) in [6.07, 6.45) is 0. The SMILES string of the molecule is CNC(=O)CN(C)C(=O)c1ccc(N2CCNCC2)c(NS(=O)(=O)c2ccc(C(C)C)cc2)c1. The minimum atomic E-state index is -3.88. The molecule has 2 aromatic rings. The molecule has 1 saturated heterocycles. The molecular weight excluding hydrogens is 454 g/mol. The molecule has 184 valence electrons. The maximum atomic E-state index is 13.2. The van der Waals surface area contributed by atoms with Gasteiger partial charge >= 0.3 is 0 Å². The van der Waals surface area contributed by atoms with Gasteiger partial charge in [0.05, 0.1) is 22.8 Å². The molecule has 2 aromatic carbocycles. The highest BCUT2D eigenvalue weighted by molar-refractivity contribution is 7.92. The summed E-state index contributed by atoms with van der Waals surface area (Å²) in [5.41, 5.74) is 2.37. The summed E-state index contributed by atoms with van der Waals surface area (Å²) in [6, 6.07) is 11.8. The van der Waals surface area contributed by atoms with E-state index in [0.717, 1.165) is 18.7 Å². The average molecular weight is 488 g/mol. The Bertz CT molecular complexity index is 1130. The summed E-state index contributed by atoms with van der Waals surface area (Å²) in [5, 5.41) is 5.77. The molecule has 3 N–H and O–H groups in total. The number of amides is 2. The summed E-state index contributed by atoms with van der Waals surface area (Å²) in [7, 11) is -0.851. The van der Waals surface area contributed by atoms with Gasteiger partial charge in [-0.25, -0.2) is 8.42 Å². The molecule has 0 radical (unpaired) electrons. The predicted molar refractivity (Wildman–Crippen MR) is 134 cm³/mol. The van der Waals surface area contributed by atoms with E-state index in [1.165, 1.54) is 19.0 Å². The maximum absolute atomic E-state index is 13.2. The van der Waals surface area contributed by atoms with Crippen molar-refractivity contribution in [2.75, 3.05) is 56.4 Å². The van der Waals surface area contributed by atoms with Crippen LogP contribution in [-0.4, -0.2) is 72.0 Å². The molecule has 34 heavy (non-hydrogen) atoms. The Morgan fingerprint density at radius 3 is 2.32 bits per heavy atom. The lowest BCUT2D eigenvalue weighted by Crippen LogP contribution is -2.44. The van der Waals surface area contributed by atoms with Crippen molar-refractivity contribution >= 4 is 33.2 Å². The highest BCUT2D eigenvalue weighted by Gasteiger charge is 2.23. The number of nitrogens with zero attached hydrogens (tertiary/aromatic N) is 2. The van der Waals surface area contributed by atoms with Gasteiger partial charge in [0.1, 0.15) is 0 Å². The van der Waals surface area contributed by atoms with Crippen LogP contribution in [0.3, 0.4) is 0 Å². The fourth-order valence-electron chi connectivity index (χ4n) is 3.75. The van der Waals surface area contributed by atoms with Crippen molar-refractivity contribution in [2.24, 2.45) is 0 Å². The molecule has 0 saturated carbocycles. The number of hydrogen-bond acceptors (Lipinski definition) is 6. The minimum Gasteiger partial charge on any atom is -0.367 e. The maximum Gasteiger partial charge on any atom is 0.261 e. The van der Waals surface area contributed by atoms with Crippen LogP contribution >= 0.6 is 0 Å². The minimum absolute atomic E-state index is 0.0991. The zero-order chi connectivity index (χ0) is 24.9. The molecular formula is C24H33N5O4S. The lowest BCUT2D eigenvalue weighted by molar-refractivity contribution is -0.121. The first kappa shape index (κ1) is 25.5. The summed E-state index contributed by atoms with van der Waals surface area (Å²) in [4.78, 5) is 28.1. The Labute approximate surface area is 201 Å². The normalized spacial score (nSPS) is 14.1. The monoisotopic (exact) mass is 487 g/mol. The topological polar surface area (TPSA) is 111 Å². The van der Waals surface area contributed by atoms with Gasteiger partial charge in [-0.15, -0.1) is 0 Å². The van der Waals surface area contributed by atoms with Crippen LogP contribution in [0.5, 0.6) is 0 Å². The van der Waals surface area contributed by atoms with E-state index in [1.54, 1.807) is 30.3 Å². The molecule has 0 bridgehead atoms. The van der Waals surface area contributed by atoms with Crippen molar-refractivity contribution in [2.45, 2.75) is 24.7 Å². The largest absolute Gasteiger partial charge is 0.367 e. The fourth-order valence-corrected chi connectivity index (χ4v) is 4.82. The lowest BCUT2D eigenvalue weighted by atomic mass is 10.0. The van der Waals surface area contributed by atoms with Gasteiger partial charge in [0.2, 0.25) is 5.91 Å². The fraction of sp³-hybridized carbons (Fsp3) is 0.417. The molecule has 1 aliphatic rings. The van der Waals surface area contributed by atoms with E-state index < -0.39 is 10.0 Å². The molecule has 0 unspecified atom stereocenters. The second kappa shape index (κ2) is 10.9. The Hall–Kier alpha value is -3.11. The summed E-state index contributed by atoms with van der Waals surface area (Å²) in [5.74, 6) is -0.380. The van der Waals surface area contributed by atoms with Crippen LogP contribution in [0.1, 0.15) is 35.7 Å². The number of likely N-dealkylation sites (N-methyl/N-ethyl adjacent to an activating group) is 2. The molecule has 9 nitrogen and oxygen atoms in total. The predicted octanol–water partition coefficient (Wildman–Crippen LogP) is 1.84. The van der Waals surface area contributed by atoms with Crippen LogP contribution in [0.25, 0.3) is 0 Å². The molecule has 0 aromatic heterocycles. The first-order valence-electron chi connectivity index (χ1n) is 11.3. The van der Waals surface area contributed by atoms with E-state index in [1.807, 2.05) is 26.0 Å². The third-order valence-electron chi connectivity index (χ3n) is 5.81. The van der Waals surface area contributed by atoms with E-state index in [0.29, 0.717) is 30.4 Å². The summed E-state index contributed by atoms with van der Waals surface area (Å²) < 4.78 is 29.1. The second-order valence-electron chi connectivity index (χ2n) is 8.63. The molecule has 1 heterocycles. The van der Waals surface area contributed by atoms with E-state index >= 15 is 0 Å². The van der Waals surface area contributed by atoms with E-state index in [4.69, 9.17) is 0 Å².